The maximum absolute atomic E-state index is 3.59. The van der Waals surface area contributed by atoms with E-state index in [0.717, 1.165) is 18.5 Å². The third-order valence-electron chi connectivity index (χ3n) is 3.32. The van der Waals surface area contributed by atoms with E-state index in [4.69, 9.17) is 0 Å². The summed E-state index contributed by atoms with van der Waals surface area (Å²) < 4.78 is 0. The second-order valence-corrected chi connectivity index (χ2v) is 4.47. The lowest BCUT2D eigenvalue weighted by Gasteiger charge is -2.29. The maximum Gasteiger partial charge on any atom is 0.0101 e. The minimum absolute atomic E-state index is 0.691. The molecule has 1 aliphatic carbocycles. The standard InChI is InChI=1S/C11H24N2/c1-5-13(4)10(3)9(2)8-12-11-6-7-11/h9-12H,5-8H2,1-4H3. The number of rotatable bonds is 6. The van der Waals surface area contributed by atoms with Crippen LogP contribution >= 0.6 is 0 Å². The van der Waals surface area contributed by atoms with Gasteiger partial charge in [0, 0.05) is 12.1 Å². The molecule has 0 saturated heterocycles. The number of nitrogens with zero attached hydrogens (tertiary/aromatic N) is 1. The van der Waals surface area contributed by atoms with Crippen LogP contribution in [-0.2, 0) is 0 Å². The van der Waals surface area contributed by atoms with Gasteiger partial charge < -0.3 is 10.2 Å². The first-order valence-electron chi connectivity index (χ1n) is 5.58. The third-order valence-corrected chi connectivity index (χ3v) is 3.32. The van der Waals surface area contributed by atoms with Crippen molar-refractivity contribution in [3.8, 4) is 0 Å². The van der Waals surface area contributed by atoms with E-state index in [0.29, 0.717) is 6.04 Å². The van der Waals surface area contributed by atoms with Crippen molar-refractivity contribution >= 4 is 0 Å². The molecule has 78 valence electrons. The van der Waals surface area contributed by atoms with Gasteiger partial charge in [-0.25, -0.2) is 0 Å². The van der Waals surface area contributed by atoms with E-state index in [-0.39, 0.29) is 0 Å². The molecule has 1 N–H and O–H groups in total. The highest BCUT2D eigenvalue weighted by Gasteiger charge is 2.23. The summed E-state index contributed by atoms with van der Waals surface area (Å²) in [5.41, 5.74) is 0. The average molecular weight is 184 g/mol. The first-order valence-corrected chi connectivity index (χ1v) is 5.58. The van der Waals surface area contributed by atoms with Crippen LogP contribution < -0.4 is 5.32 Å². The molecule has 0 radical (unpaired) electrons. The van der Waals surface area contributed by atoms with Crippen LogP contribution in [0.3, 0.4) is 0 Å². The van der Waals surface area contributed by atoms with E-state index in [2.05, 4.69) is 38.0 Å². The fourth-order valence-corrected chi connectivity index (χ4v) is 1.53. The minimum atomic E-state index is 0.691. The third kappa shape index (κ3) is 3.65. The highest BCUT2D eigenvalue weighted by atomic mass is 15.1. The Morgan fingerprint density at radius 3 is 2.46 bits per heavy atom. The van der Waals surface area contributed by atoms with Gasteiger partial charge in [-0.05, 0) is 45.8 Å². The van der Waals surface area contributed by atoms with Gasteiger partial charge in [-0.15, -0.1) is 0 Å². The maximum atomic E-state index is 3.59. The van der Waals surface area contributed by atoms with E-state index in [1.54, 1.807) is 0 Å². The molecule has 2 unspecified atom stereocenters. The molecule has 13 heavy (non-hydrogen) atoms. The Morgan fingerprint density at radius 1 is 1.38 bits per heavy atom. The Balaban J connectivity index is 2.15. The summed E-state index contributed by atoms with van der Waals surface area (Å²) in [5.74, 6) is 0.755. The molecule has 2 nitrogen and oxygen atoms in total. The van der Waals surface area contributed by atoms with E-state index >= 15 is 0 Å². The zero-order valence-corrected chi connectivity index (χ0v) is 9.51. The number of hydrogen-bond acceptors (Lipinski definition) is 2. The Kier molecular flexibility index (Phi) is 4.20. The Labute approximate surface area is 82.7 Å². The molecule has 0 aromatic rings. The molecular weight excluding hydrogens is 160 g/mol. The second kappa shape index (κ2) is 4.97. The molecule has 0 aromatic heterocycles. The molecule has 1 saturated carbocycles. The van der Waals surface area contributed by atoms with Crippen LogP contribution in [0, 0.1) is 5.92 Å². The Morgan fingerprint density at radius 2 is 2.00 bits per heavy atom. The predicted octanol–water partition coefficient (Wildman–Crippen LogP) is 1.71. The predicted molar refractivity (Wildman–Crippen MR) is 58.0 cm³/mol. The van der Waals surface area contributed by atoms with Crippen LogP contribution in [0.15, 0.2) is 0 Å². The topological polar surface area (TPSA) is 15.3 Å². The molecule has 1 fully saturated rings. The molecule has 2 atom stereocenters. The van der Waals surface area contributed by atoms with Crippen molar-refractivity contribution < 1.29 is 0 Å². The lowest BCUT2D eigenvalue weighted by atomic mass is 10.0. The number of hydrogen-bond donors (Lipinski definition) is 1. The van der Waals surface area contributed by atoms with Crippen molar-refractivity contribution in [2.75, 3.05) is 20.1 Å². The zero-order chi connectivity index (χ0) is 9.84. The van der Waals surface area contributed by atoms with E-state index in [1.807, 2.05) is 0 Å². The SMILES string of the molecule is CCN(C)C(C)C(C)CNC1CC1. The Bertz CT molecular complexity index is 143. The molecular formula is C11H24N2. The van der Waals surface area contributed by atoms with Crippen LogP contribution in [0.1, 0.15) is 33.6 Å². The summed E-state index contributed by atoms with van der Waals surface area (Å²) >= 11 is 0. The van der Waals surface area contributed by atoms with Gasteiger partial charge in [0.15, 0.2) is 0 Å². The second-order valence-electron chi connectivity index (χ2n) is 4.47. The number of nitrogens with one attached hydrogen (secondary N) is 1. The summed E-state index contributed by atoms with van der Waals surface area (Å²) in [6.07, 6.45) is 2.79. The first kappa shape index (κ1) is 11.0. The van der Waals surface area contributed by atoms with Crippen molar-refractivity contribution in [3.63, 3.8) is 0 Å². The van der Waals surface area contributed by atoms with Crippen molar-refractivity contribution in [2.24, 2.45) is 5.92 Å². The lowest BCUT2D eigenvalue weighted by molar-refractivity contribution is 0.204. The van der Waals surface area contributed by atoms with E-state index in [9.17, 15) is 0 Å². The molecule has 0 aliphatic heterocycles. The summed E-state index contributed by atoms with van der Waals surface area (Å²) in [5, 5.41) is 3.59. The van der Waals surface area contributed by atoms with Gasteiger partial charge in [0.2, 0.25) is 0 Å². The molecule has 0 aromatic carbocycles. The molecule has 1 aliphatic rings. The zero-order valence-electron chi connectivity index (χ0n) is 9.51. The largest absolute Gasteiger partial charge is 0.314 e. The van der Waals surface area contributed by atoms with Gasteiger partial charge in [0.1, 0.15) is 0 Å². The van der Waals surface area contributed by atoms with Gasteiger partial charge in [0.25, 0.3) is 0 Å². The van der Waals surface area contributed by atoms with E-state index < -0.39 is 0 Å². The van der Waals surface area contributed by atoms with E-state index in [1.165, 1.54) is 19.4 Å². The van der Waals surface area contributed by atoms with Crippen LogP contribution in [0.5, 0.6) is 0 Å². The normalized spacial score (nSPS) is 21.9. The summed E-state index contributed by atoms with van der Waals surface area (Å²) in [6.45, 7) is 9.21. The molecule has 0 heterocycles. The fraction of sp³-hybridized carbons (Fsp3) is 1.00. The molecule has 0 spiro atoms. The first-order chi connectivity index (χ1) is 6.15. The van der Waals surface area contributed by atoms with Gasteiger partial charge in [-0.1, -0.05) is 13.8 Å². The molecule has 1 rings (SSSR count). The molecule has 0 bridgehead atoms. The molecule has 2 heteroatoms. The van der Waals surface area contributed by atoms with Crippen molar-refractivity contribution in [1.82, 2.24) is 10.2 Å². The average Bonchev–Trinajstić information content (AvgIpc) is 2.95. The van der Waals surface area contributed by atoms with Gasteiger partial charge in [0.05, 0.1) is 0 Å². The van der Waals surface area contributed by atoms with Crippen molar-refractivity contribution in [1.29, 1.82) is 0 Å². The fourth-order valence-electron chi connectivity index (χ4n) is 1.53. The Hall–Kier alpha value is -0.0800. The van der Waals surface area contributed by atoms with Gasteiger partial charge >= 0.3 is 0 Å². The van der Waals surface area contributed by atoms with Crippen molar-refractivity contribution in [2.45, 2.75) is 45.7 Å². The van der Waals surface area contributed by atoms with Crippen LogP contribution in [0.4, 0.5) is 0 Å². The van der Waals surface area contributed by atoms with Crippen molar-refractivity contribution in [3.05, 3.63) is 0 Å². The van der Waals surface area contributed by atoms with Gasteiger partial charge in [-0.3, -0.25) is 0 Å². The highest BCUT2D eigenvalue weighted by Crippen LogP contribution is 2.19. The van der Waals surface area contributed by atoms with Crippen LogP contribution in [0.25, 0.3) is 0 Å². The summed E-state index contributed by atoms with van der Waals surface area (Å²) in [7, 11) is 2.21. The van der Waals surface area contributed by atoms with Crippen LogP contribution in [0.2, 0.25) is 0 Å². The monoisotopic (exact) mass is 184 g/mol. The summed E-state index contributed by atoms with van der Waals surface area (Å²) in [4.78, 5) is 2.42. The molecule has 0 amide bonds. The van der Waals surface area contributed by atoms with Crippen LogP contribution in [-0.4, -0.2) is 37.1 Å². The minimum Gasteiger partial charge on any atom is -0.314 e. The lowest BCUT2D eigenvalue weighted by Crippen LogP contribution is -2.39. The summed E-state index contributed by atoms with van der Waals surface area (Å²) in [6, 6.07) is 1.54. The van der Waals surface area contributed by atoms with Gasteiger partial charge in [-0.2, -0.15) is 0 Å². The highest BCUT2D eigenvalue weighted by molar-refractivity contribution is 4.82. The quantitative estimate of drug-likeness (QED) is 0.676. The smallest absolute Gasteiger partial charge is 0.0101 e.